The summed E-state index contributed by atoms with van der Waals surface area (Å²) in [6.07, 6.45) is 0. The molecule has 0 saturated carbocycles. The minimum Gasteiger partial charge on any atom is -0.396 e. The Morgan fingerprint density at radius 3 is 2.38 bits per heavy atom. The summed E-state index contributed by atoms with van der Waals surface area (Å²) in [5, 5.41) is 9.08. The van der Waals surface area contributed by atoms with Crippen molar-refractivity contribution in [1.29, 1.82) is 0 Å². The molecule has 0 heterocycles. The molecule has 2 nitrogen and oxygen atoms in total. The predicted molar refractivity (Wildman–Crippen MR) is 54.5 cm³/mol. The van der Waals surface area contributed by atoms with Crippen molar-refractivity contribution < 1.29 is 5.11 Å². The molecule has 0 saturated heterocycles. The van der Waals surface area contributed by atoms with Crippen molar-refractivity contribution in [3.05, 3.63) is 35.9 Å². The lowest BCUT2D eigenvalue weighted by Crippen LogP contribution is -2.23. The van der Waals surface area contributed by atoms with Gasteiger partial charge in [-0.25, -0.2) is 0 Å². The first-order valence-corrected chi connectivity index (χ1v) is 4.65. The molecule has 0 aromatic heterocycles. The summed E-state index contributed by atoms with van der Waals surface area (Å²) in [6.45, 7) is 2.79. The molecule has 1 aromatic carbocycles. The van der Waals surface area contributed by atoms with Crippen molar-refractivity contribution in [1.82, 2.24) is 0 Å². The summed E-state index contributed by atoms with van der Waals surface area (Å²) in [4.78, 5) is 0. The zero-order valence-corrected chi connectivity index (χ0v) is 7.98. The Morgan fingerprint density at radius 2 is 1.92 bits per heavy atom. The third-order valence-corrected chi connectivity index (χ3v) is 2.57. The van der Waals surface area contributed by atoms with E-state index in [-0.39, 0.29) is 12.5 Å². The van der Waals surface area contributed by atoms with Crippen molar-refractivity contribution in [2.45, 2.75) is 12.8 Å². The number of benzene rings is 1. The van der Waals surface area contributed by atoms with Gasteiger partial charge in [-0.3, -0.25) is 0 Å². The van der Waals surface area contributed by atoms with Crippen LogP contribution in [0.1, 0.15) is 18.4 Å². The van der Waals surface area contributed by atoms with Gasteiger partial charge in [-0.2, -0.15) is 0 Å². The van der Waals surface area contributed by atoms with E-state index in [4.69, 9.17) is 10.8 Å². The Hall–Kier alpha value is -0.860. The van der Waals surface area contributed by atoms with E-state index < -0.39 is 0 Å². The van der Waals surface area contributed by atoms with E-state index in [1.54, 1.807) is 0 Å². The predicted octanol–water partition coefficient (Wildman–Crippen LogP) is 1.36. The monoisotopic (exact) mass is 179 g/mol. The van der Waals surface area contributed by atoms with Gasteiger partial charge in [0.25, 0.3) is 0 Å². The summed E-state index contributed by atoms with van der Waals surface area (Å²) in [5.41, 5.74) is 6.80. The van der Waals surface area contributed by atoms with Gasteiger partial charge in [0.2, 0.25) is 0 Å². The van der Waals surface area contributed by atoms with Gasteiger partial charge in [0.05, 0.1) is 0 Å². The summed E-state index contributed by atoms with van der Waals surface area (Å²) >= 11 is 0. The average molecular weight is 179 g/mol. The average Bonchev–Trinajstić information content (AvgIpc) is 2.21. The van der Waals surface area contributed by atoms with Crippen LogP contribution in [0.2, 0.25) is 0 Å². The second kappa shape index (κ2) is 5.00. The molecule has 0 amide bonds. The fourth-order valence-corrected chi connectivity index (χ4v) is 1.47. The maximum Gasteiger partial charge on any atom is 0.0477 e. The maximum atomic E-state index is 9.08. The van der Waals surface area contributed by atoms with Crippen LogP contribution in [0.15, 0.2) is 30.3 Å². The number of nitrogens with two attached hydrogens (primary N) is 1. The SMILES string of the molecule is C[C@@H](c1ccccc1)[C@@H](CN)CO. The fraction of sp³-hybridized carbons (Fsp3) is 0.455. The molecule has 0 aliphatic carbocycles. The molecule has 0 bridgehead atoms. The van der Waals surface area contributed by atoms with Crippen LogP contribution >= 0.6 is 0 Å². The third kappa shape index (κ3) is 2.54. The lowest BCUT2D eigenvalue weighted by atomic mass is 9.88. The van der Waals surface area contributed by atoms with Crippen molar-refractivity contribution >= 4 is 0 Å². The minimum absolute atomic E-state index is 0.159. The van der Waals surface area contributed by atoms with Crippen LogP contribution in [0.5, 0.6) is 0 Å². The highest BCUT2D eigenvalue weighted by Gasteiger charge is 2.15. The minimum atomic E-state index is 0.159. The molecule has 13 heavy (non-hydrogen) atoms. The van der Waals surface area contributed by atoms with Crippen molar-refractivity contribution in [2.75, 3.05) is 13.2 Å². The highest BCUT2D eigenvalue weighted by atomic mass is 16.3. The molecule has 3 N–H and O–H groups in total. The number of hydrogen-bond acceptors (Lipinski definition) is 2. The second-order valence-corrected chi connectivity index (χ2v) is 3.38. The normalized spacial score (nSPS) is 15.3. The van der Waals surface area contributed by atoms with Gasteiger partial charge >= 0.3 is 0 Å². The molecule has 0 aliphatic rings. The molecule has 0 fully saturated rings. The molecule has 0 aliphatic heterocycles. The van der Waals surface area contributed by atoms with Crippen molar-refractivity contribution in [2.24, 2.45) is 11.7 Å². The lowest BCUT2D eigenvalue weighted by Gasteiger charge is -2.20. The summed E-state index contributed by atoms with van der Waals surface area (Å²) in [6, 6.07) is 10.2. The van der Waals surface area contributed by atoms with Gasteiger partial charge in [0.15, 0.2) is 0 Å². The van der Waals surface area contributed by atoms with Gasteiger partial charge in [0, 0.05) is 12.5 Å². The molecule has 1 rings (SSSR count). The quantitative estimate of drug-likeness (QED) is 0.733. The van der Waals surface area contributed by atoms with Crippen LogP contribution in [0.25, 0.3) is 0 Å². The number of hydrogen-bond donors (Lipinski definition) is 2. The van der Waals surface area contributed by atoms with E-state index in [1.165, 1.54) is 5.56 Å². The Bertz CT molecular complexity index is 231. The first-order valence-electron chi connectivity index (χ1n) is 4.65. The lowest BCUT2D eigenvalue weighted by molar-refractivity contribution is 0.212. The first kappa shape index (κ1) is 10.2. The van der Waals surface area contributed by atoms with Crippen molar-refractivity contribution in [3.8, 4) is 0 Å². The second-order valence-electron chi connectivity index (χ2n) is 3.38. The molecular formula is C11H17NO. The Morgan fingerprint density at radius 1 is 1.31 bits per heavy atom. The molecule has 2 atom stereocenters. The Labute approximate surface area is 79.4 Å². The van der Waals surface area contributed by atoms with Gasteiger partial charge in [-0.15, -0.1) is 0 Å². The highest BCUT2D eigenvalue weighted by Crippen LogP contribution is 2.22. The maximum absolute atomic E-state index is 9.08. The smallest absolute Gasteiger partial charge is 0.0477 e. The highest BCUT2D eigenvalue weighted by molar-refractivity contribution is 5.19. The molecule has 0 radical (unpaired) electrons. The summed E-state index contributed by atoms with van der Waals surface area (Å²) < 4.78 is 0. The zero-order chi connectivity index (χ0) is 9.68. The standard InChI is InChI=1S/C11H17NO/c1-9(11(7-12)8-13)10-5-3-2-4-6-10/h2-6,9,11,13H,7-8,12H2,1H3/t9-,11-/m0/s1. The molecule has 0 spiro atoms. The Balaban J connectivity index is 2.72. The fourth-order valence-electron chi connectivity index (χ4n) is 1.47. The topological polar surface area (TPSA) is 46.2 Å². The first-order chi connectivity index (χ1) is 6.29. The van der Waals surface area contributed by atoms with Crippen LogP contribution in [0, 0.1) is 5.92 Å². The molecule has 2 heteroatoms. The summed E-state index contributed by atoms with van der Waals surface area (Å²) in [5.74, 6) is 0.499. The third-order valence-electron chi connectivity index (χ3n) is 2.57. The number of aliphatic hydroxyl groups is 1. The largest absolute Gasteiger partial charge is 0.396 e. The molecule has 1 aromatic rings. The van der Waals surface area contributed by atoms with Gasteiger partial charge in [0.1, 0.15) is 0 Å². The Kier molecular flexibility index (Phi) is 3.93. The zero-order valence-electron chi connectivity index (χ0n) is 7.98. The van der Waals surface area contributed by atoms with Crippen LogP contribution < -0.4 is 5.73 Å². The van der Waals surface area contributed by atoms with E-state index in [1.807, 2.05) is 18.2 Å². The van der Waals surface area contributed by atoms with E-state index in [0.29, 0.717) is 12.5 Å². The van der Waals surface area contributed by atoms with Crippen LogP contribution in [-0.4, -0.2) is 18.3 Å². The van der Waals surface area contributed by atoms with Crippen LogP contribution in [0.4, 0.5) is 0 Å². The van der Waals surface area contributed by atoms with Gasteiger partial charge < -0.3 is 10.8 Å². The van der Waals surface area contributed by atoms with E-state index >= 15 is 0 Å². The van der Waals surface area contributed by atoms with Gasteiger partial charge in [-0.05, 0) is 18.0 Å². The number of rotatable bonds is 4. The summed E-state index contributed by atoms with van der Waals surface area (Å²) in [7, 11) is 0. The van der Waals surface area contributed by atoms with Crippen LogP contribution in [-0.2, 0) is 0 Å². The van der Waals surface area contributed by atoms with E-state index in [9.17, 15) is 0 Å². The van der Waals surface area contributed by atoms with E-state index in [2.05, 4.69) is 19.1 Å². The molecule has 0 unspecified atom stereocenters. The van der Waals surface area contributed by atoms with Crippen LogP contribution in [0.3, 0.4) is 0 Å². The van der Waals surface area contributed by atoms with Gasteiger partial charge in [-0.1, -0.05) is 37.3 Å². The van der Waals surface area contributed by atoms with E-state index in [0.717, 1.165) is 0 Å². The van der Waals surface area contributed by atoms with Crippen molar-refractivity contribution in [3.63, 3.8) is 0 Å². The molecule has 72 valence electrons. The molecular weight excluding hydrogens is 162 g/mol. The number of aliphatic hydroxyl groups excluding tert-OH is 1.